The van der Waals surface area contributed by atoms with Gasteiger partial charge in [0, 0.05) is 23.3 Å². The summed E-state index contributed by atoms with van der Waals surface area (Å²) >= 11 is 1.18. The number of esters is 1. The second-order valence-electron chi connectivity index (χ2n) is 9.44. The lowest BCUT2D eigenvalue weighted by molar-refractivity contribution is -0.385. The van der Waals surface area contributed by atoms with E-state index in [1.807, 2.05) is 25.1 Å². The second-order valence-corrected chi connectivity index (χ2v) is 10.4. The summed E-state index contributed by atoms with van der Waals surface area (Å²) < 4.78 is 18.7. The molecule has 0 amide bonds. The van der Waals surface area contributed by atoms with E-state index in [-0.39, 0.29) is 23.4 Å². The molecule has 0 radical (unpaired) electrons. The van der Waals surface area contributed by atoms with E-state index in [2.05, 4.69) is 4.99 Å². The summed E-state index contributed by atoms with van der Waals surface area (Å²) in [6.45, 7) is 7.20. The highest BCUT2D eigenvalue weighted by Gasteiger charge is 2.33. The Morgan fingerprint density at radius 1 is 1.20 bits per heavy atom. The van der Waals surface area contributed by atoms with Gasteiger partial charge in [-0.25, -0.2) is 9.79 Å². The molecule has 0 saturated carbocycles. The first-order chi connectivity index (χ1) is 19.6. The van der Waals surface area contributed by atoms with E-state index in [4.69, 9.17) is 13.9 Å². The molecule has 41 heavy (non-hydrogen) atoms. The molecule has 10 nitrogen and oxygen atoms in total. The number of nitro benzene ring substituents is 1. The predicted octanol–water partition coefficient (Wildman–Crippen LogP) is 4.59. The number of furan rings is 1. The lowest BCUT2D eigenvalue weighted by Gasteiger charge is -2.25. The van der Waals surface area contributed by atoms with Gasteiger partial charge in [-0.1, -0.05) is 35.6 Å². The Kier molecular flexibility index (Phi) is 7.46. The molecule has 2 aromatic heterocycles. The number of fused-ring (bicyclic) bond motifs is 1. The zero-order chi connectivity index (χ0) is 29.4. The van der Waals surface area contributed by atoms with Crippen molar-refractivity contribution in [2.24, 2.45) is 4.99 Å². The number of benzene rings is 2. The van der Waals surface area contributed by atoms with Crippen molar-refractivity contribution in [2.45, 2.75) is 33.7 Å². The predicted molar refractivity (Wildman–Crippen MR) is 154 cm³/mol. The number of hydrogen-bond donors (Lipinski definition) is 0. The molecule has 0 bridgehead atoms. The third-order valence-corrected chi connectivity index (χ3v) is 7.92. The summed E-state index contributed by atoms with van der Waals surface area (Å²) in [4.78, 5) is 42.9. The van der Waals surface area contributed by atoms with E-state index >= 15 is 0 Å². The zero-order valence-electron chi connectivity index (χ0n) is 23.1. The number of allylic oxidation sites excluding steroid dienone is 1. The topological polar surface area (TPSA) is 126 Å². The first-order valence-electron chi connectivity index (χ1n) is 12.8. The number of hydrogen-bond acceptors (Lipinski definition) is 9. The quantitative estimate of drug-likeness (QED) is 0.180. The second kappa shape index (κ2) is 11.0. The summed E-state index contributed by atoms with van der Waals surface area (Å²) in [6.07, 6.45) is 1.61. The summed E-state index contributed by atoms with van der Waals surface area (Å²) in [5, 5.41) is 11.4. The molecule has 0 saturated heterocycles. The number of aromatic nitrogens is 1. The molecular formula is C30H27N3O7S. The standard InChI is InChI=1S/C30H27N3O7S/c1-6-39-29(35)26-18(4)31-30-32(27(26)19-11-10-16(2)24(14-19)38-5)28(34)25(41-30)15-20-12-13-23(40-20)21-8-7-9-22(17(21)3)33(36)37/h7-15,27H,6H2,1-5H3/b25-15+/t27-/m0/s1. The van der Waals surface area contributed by atoms with Crippen molar-refractivity contribution in [2.75, 3.05) is 13.7 Å². The van der Waals surface area contributed by atoms with Crippen LogP contribution in [0.4, 0.5) is 5.69 Å². The van der Waals surface area contributed by atoms with Gasteiger partial charge in [0.2, 0.25) is 0 Å². The van der Waals surface area contributed by atoms with Crippen molar-refractivity contribution in [3.05, 3.63) is 112 Å². The smallest absolute Gasteiger partial charge is 0.338 e. The van der Waals surface area contributed by atoms with Crippen LogP contribution in [0.15, 0.2) is 74.0 Å². The molecule has 0 aliphatic carbocycles. The summed E-state index contributed by atoms with van der Waals surface area (Å²) in [5.74, 6) is 0.916. The number of nitrogens with zero attached hydrogens (tertiary/aromatic N) is 3. The van der Waals surface area contributed by atoms with Crippen molar-refractivity contribution >= 4 is 29.1 Å². The van der Waals surface area contributed by atoms with Gasteiger partial charge in [0.05, 0.1) is 40.5 Å². The fraction of sp³-hybridized carbons (Fsp3) is 0.233. The van der Waals surface area contributed by atoms with Crippen LogP contribution >= 0.6 is 11.3 Å². The third kappa shape index (κ3) is 5.00. The minimum atomic E-state index is -0.776. The van der Waals surface area contributed by atoms with Gasteiger partial charge in [0.1, 0.15) is 17.3 Å². The van der Waals surface area contributed by atoms with Gasteiger partial charge in [-0.2, -0.15) is 0 Å². The molecular weight excluding hydrogens is 546 g/mol. The highest BCUT2D eigenvalue weighted by atomic mass is 32.1. The lowest BCUT2D eigenvalue weighted by Crippen LogP contribution is -2.40. The molecule has 1 aliphatic rings. The van der Waals surface area contributed by atoms with Gasteiger partial charge in [-0.3, -0.25) is 19.5 Å². The van der Waals surface area contributed by atoms with Crippen LogP contribution < -0.4 is 19.6 Å². The maximum Gasteiger partial charge on any atom is 0.338 e. The van der Waals surface area contributed by atoms with Gasteiger partial charge in [-0.15, -0.1) is 0 Å². The van der Waals surface area contributed by atoms with Crippen LogP contribution in [-0.4, -0.2) is 29.2 Å². The number of ether oxygens (including phenoxy) is 2. The van der Waals surface area contributed by atoms with E-state index in [1.54, 1.807) is 58.2 Å². The minimum absolute atomic E-state index is 0.00531. The zero-order valence-corrected chi connectivity index (χ0v) is 23.9. The van der Waals surface area contributed by atoms with Gasteiger partial charge in [0.25, 0.3) is 11.2 Å². The Morgan fingerprint density at radius 2 is 1.98 bits per heavy atom. The van der Waals surface area contributed by atoms with Crippen LogP contribution in [0.5, 0.6) is 5.75 Å². The normalized spacial score (nSPS) is 15.0. The van der Waals surface area contributed by atoms with Gasteiger partial charge >= 0.3 is 5.97 Å². The van der Waals surface area contributed by atoms with Crippen molar-refractivity contribution in [1.29, 1.82) is 0 Å². The Hall–Kier alpha value is -4.77. The van der Waals surface area contributed by atoms with E-state index < -0.39 is 16.9 Å². The highest BCUT2D eigenvalue weighted by Crippen LogP contribution is 2.34. The van der Waals surface area contributed by atoms with Gasteiger partial charge < -0.3 is 13.9 Å². The first kappa shape index (κ1) is 27.8. The number of rotatable bonds is 7. The van der Waals surface area contributed by atoms with Crippen LogP contribution in [0, 0.1) is 24.0 Å². The van der Waals surface area contributed by atoms with Crippen LogP contribution in [-0.2, 0) is 9.53 Å². The Labute approximate surface area is 238 Å². The molecule has 3 heterocycles. The van der Waals surface area contributed by atoms with Crippen molar-refractivity contribution in [3.8, 4) is 17.1 Å². The molecule has 2 aromatic carbocycles. The SMILES string of the molecule is CCOC(=O)C1=C(C)N=c2s/c(=C/c3ccc(-c4cccc([N+](=O)[O-])c4C)o3)c(=O)n2[C@H]1c1ccc(C)c(OC)c1. The van der Waals surface area contributed by atoms with E-state index in [0.717, 1.165) is 5.56 Å². The number of nitro groups is 1. The van der Waals surface area contributed by atoms with Crippen LogP contribution in [0.1, 0.15) is 42.3 Å². The van der Waals surface area contributed by atoms with Crippen molar-refractivity contribution in [1.82, 2.24) is 4.57 Å². The number of thiazole rings is 1. The molecule has 11 heteroatoms. The molecule has 0 N–H and O–H groups in total. The number of carbonyl (C=O) groups is 1. The van der Waals surface area contributed by atoms with E-state index in [9.17, 15) is 19.7 Å². The van der Waals surface area contributed by atoms with Crippen molar-refractivity contribution < 1.29 is 23.6 Å². The minimum Gasteiger partial charge on any atom is -0.496 e. The molecule has 4 aromatic rings. The number of aryl methyl sites for hydroxylation is 1. The van der Waals surface area contributed by atoms with Gasteiger partial charge in [0.15, 0.2) is 4.80 Å². The Morgan fingerprint density at radius 3 is 2.68 bits per heavy atom. The van der Waals surface area contributed by atoms with E-state index in [0.29, 0.717) is 49.0 Å². The van der Waals surface area contributed by atoms with Crippen LogP contribution in [0.3, 0.4) is 0 Å². The molecule has 0 spiro atoms. The Balaban J connectivity index is 1.65. The average molecular weight is 574 g/mol. The monoisotopic (exact) mass is 573 g/mol. The summed E-state index contributed by atoms with van der Waals surface area (Å²) in [7, 11) is 1.57. The van der Waals surface area contributed by atoms with Crippen LogP contribution in [0.2, 0.25) is 0 Å². The number of methoxy groups -OCH3 is 1. The molecule has 1 atom stereocenters. The maximum atomic E-state index is 13.9. The Bertz CT molecular complexity index is 1910. The first-order valence-corrected chi connectivity index (χ1v) is 13.6. The molecule has 0 fully saturated rings. The summed E-state index contributed by atoms with van der Waals surface area (Å²) in [5.41, 5.74) is 3.04. The fourth-order valence-electron chi connectivity index (χ4n) is 4.91. The average Bonchev–Trinajstić information content (AvgIpc) is 3.52. The maximum absolute atomic E-state index is 13.9. The molecule has 5 rings (SSSR count). The lowest BCUT2D eigenvalue weighted by atomic mass is 9.95. The summed E-state index contributed by atoms with van der Waals surface area (Å²) in [6, 6.07) is 13.0. The molecule has 0 unspecified atom stereocenters. The molecule has 1 aliphatic heterocycles. The van der Waals surface area contributed by atoms with Gasteiger partial charge in [-0.05, 0) is 57.0 Å². The third-order valence-electron chi connectivity index (χ3n) is 6.93. The van der Waals surface area contributed by atoms with Crippen LogP contribution in [0.25, 0.3) is 17.4 Å². The highest BCUT2D eigenvalue weighted by molar-refractivity contribution is 7.07. The fourth-order valence-corrected chi connectivity index (χ4v) is 5.93. The van der Waals surface area contributed by atoms with E-state index in [1.165, 1.54) is 22.0 Å². The largest absolute Gasteiger partial charge is 0.496 e. The van der Waals surface area contributed by atoms with Crippen molar-refractivity contribution in [3.63, 3.8) is 0 Å². The number of carbonyl (C=O) groups excluding carboxylic acids is 1. The molecule has 210 valence electrons.